The predicted molar refractivity (Wildman–Crippen MR) is 117 cm³/mol. The molecule has 1 saturated heterocycles. The van der Waals surface area contributed by atoms with Crippen molar-refractivity contribution in [1.29, 1.82) is 0 Å². The van der Waals surface area contributed by atoms with Gasteiger partial charge in [-0.05, 0) is 19.1 Å². The van der Waals surface area contributed by atoms with Crippen LogP contribution in [0, 0.1) is 6.92 Å². The molecule has 1 aliphatic rings. The Morgan fingerprint density at radius 3 is 2.45 bits per heavy atom. The van der Waals surface area contributed by atoms with E-state index in [1.165, 1.54) is 19.2 Å². The van der Waals surface area contributed by atoms with Gasteiger partial charge in [0.2, 0.25) is 23.7 Å². The van der Waals surface area contributed by atoms with E-state index >= 15 is 0 Å². The number of hydrogen-bond acceptors (Lipinski definition) is 12. The molecule has 3 aromatic rings. The van der Waals surface area contributed by atoms with Gasteiger partial charge in [-0.2, -0.15) is 15.0 Å². The van der Waals surface area contributed by atoms with E-state index in [0.717, 1.165) is 11.3 Å². The summed E-state index contributed by atoms with van der Waals surface area (Å²) in [6.07, 6.45) is 0. The van der Waals surface area contributed by atoms with Crippen molar-refractivity contribution >= 4 is 23.6 Å². The summed E-state index contributed by atoms with van der Waals surface area (Å²) in [5.41, 5.74) is 1.98. The summed E-state index contributed by atoms with van der Waals surface area (Å²) in [7, 11) is 1.27. The van der Waals surface area contributed by atoms with E-state index in [1.807, 2.05) is 36.1 Å². The predicted octanol–water partition coefficient (Wildman–Crippen LogP) is 1.89. The number of aryl methyl sites for hydroxylation is 1. The van der Waals surface area contributed by atoms with Crippen LogP contribution in [0.1, 0.15) is 5.56 Å². The molecule has 0 unspecified atom stereocenters. The maximum atomic E-state index is 11.2. The Morgan fingerprint density at radius 2 is 1.76 bits per heavy atom. The van der Waals surface area contributed by atoms with Gasteiger partial charge >= 0.3 is 12.0 Å². The van der Waals surface area contributed by atoms with E-state index in [2.05, 4.69) is 35.2 Å². The van der Waals surface area contributed by atoms with E-state index in [-0.39, 0.29) is 24.4 Å². The fourth-order valence-corrected chi connectivity index (χ4v) is 2.84. The second-order valence-corrected chi connectivity index (χ2v) is 7.01. The quantitative estimate of drug-likeness (QED) is 0.499. The number of hydrogen-bond donors (Lipinski definition) is 1. The van der Waals surface area contributed by atoms with E-state index in [9.17, 15) is 4.79 Å². The normalized spacial score (nSPS) is 13.3. The lowest BCUT2D eigenvalue weighted by molar-refractivity contribution is -0.143. The molecular weight excluding hydrogens is 430 g/mol. The van der Waals surface area contributed by atoms with Crippen molar-refractivity contribution in [3.63, 3.8) is 0 Å². The lowest BCUT2D eigenvalue weighted by atomic mass is 10.2. The van der Waals surface area contributed by atoms with Crippen LogP contribution in [0.2, 0.25) is 0 Å². The molecule has 0 saturated carbocycles. The summed E-state index contributed by atoms with van der Waals surface area (Å²) in [5.74, 6) is 0.576. The van der Waals surface area contributed by atoms with Gasteiger partial charge in [0.1, 0.15) is 0 Å². The maximum Gasteiger partial charge on any atom is 0.343 e. The summed E-state index contributed by atoms with van der Waals surface area (Å²) in [4.78, 5) is 26.5. The standard InChI is InChI=1S/C21H23N7O5/c1-14-3-5-15(6-4-14)22-19-23-20(28-9-11-31-12-10-28)25-21(24-19)33-17-8-7-16(26-27-17)32-13-18(29)30-2/h3-8H,9-13H2,1-2H3,(H,22,23,24,25). The van der Waals surface area contributed by atoms with Crippen LogP contribution >= 0.6 is 0 Å². The van der Waals surface area contributed by atoms with Crippen LogP contribution in [0.25, 0.3) is 0 Å². The third-order valence-corrected chi connectivity index (χ3v) is 4.58. The van der Waals surface area contributed by atoms with E-state index in [4.69, 9.17) is 14.2 Å². The molecule has 1 fully saturated rings. The second kappa shape index (κ2) is 10.5. The summed E-state index contributed by atoms with van der Waals surface area (Å²) in [5, 5.41) is 11.0. The summed E-state index contributed by atoms with van der Waals surface area (Å²) < 4.78 is 20.8. The van der Waals surface area contributed by atoms with Crippen molar-refractivity contribution in [3.05, 3.63) is 42.0 Å². The molecule has 4 rings (SSSR count). The summed E-state index contributed by atoms with van der Waals surface area (Å²) >= 11 is 0. The van der Waals surface area contributed by atoms with Gasteiger partial charge in [-0.25, -0.2) is 4.79 Å². The number of ether oxygens (including phenoxy) is 4. The highest BCUT2D eigenvalue weighted by molar-refractivity contribution is 5.70. The zero-order valence-electron chi connectivity index (χ0n) is 18.2. The van der Waals surface area contributed by atoms with Gasteiger partial charge in [0.25, 0.3) is 0 Å². The first kappa shape index (κ1) is 22.1. The fourth-order valence-electron chi connectivity index (χ4n) is 2.84. The number of aromatic nitrogens is 5. The maximum absolute atomic E-state index is 11.2. The molecule has 1 aromatic carbocycles. The highest BCUT2D eigenvalue weighted by Crippen LogP contribution is 2.23. The molecular formula is C21H23N7O5. The van der Waals surface area contributed by atoms with Crippen molar-refractivity contribution in [3.8, 4) is 17.8 Å². The lowest BCUT2D eigenvalue weighted by Crippen LogP contribution is -2.37. The van der Waals surface area contributed by atoms with Gasteiger partial charge in [-0.3, -0.25) is 0 Å². The summed E-state index contributed by atoms with van der Waals surface area (Å²) in [6.45, 7) is 4.22. The van der Waals surface area contributed by atoms with Crippen LogP contribution in [-0.2, 0) is 14.3 Å². The third-order valence-electron chi connectivity index (χ3n) is 4.58. The van der Waals surface area contributed by atoms with Gasteiger partial charge in [-0.15, -0.1) is 10.2 Å². The van der Waals surface area contributed by atoms with Crippen molar-refractivity contribution in [2.75, 3.05) is 50.2 Å². The first-order valence-electron chi connectivity index (χ1n) is 10.2. The van der Waals surface area contributed by atoms with Gasteiger partial charge in [0.15, 0.2) is 6.61 Å². The van der Waals surface area contributed by atoms with Crippen LogP contribution in [-0.4, -0.2) is 71.1 Å². The van der Waals surface area contributed by atoms with Crippen molar-refractivity contribution in [2.24, 2.45) is 0 Å². The van der Waals surface area contributed by atoms with Crippen LogP contribution < -0.4 is 19.7 Å². The number of morpholine rings is 1. The highest BCUT2D eigenvalue weighted by Gasteiger charge is 2.18. The zero-order chi connectivity index (χ0) is 23.0. The smallest absolute Gasteiger partial charge is 0.343 e. The first-order valence-corrected chi connectivity index (χ1v) is 10.2. The molecule has 33 heavy (non-hydrogen) atoms. The lowest BCUT2D eigenvalue weighted by Gasteiger charge is -2.26. The Kier molecular flexibility index (Phi) is 7.05. The van der Waals surface area contributed by atoms with Crippen LogP contribution in [0.3, 0.4) is 0 Å². The Labute approximate surface area is 189 Å². The molecule has 0 bridgehead atoms. The molecule has 1 N–H and O–H groups in total. The Morgan fingerprint density at radius 1 is 1.03 bits per heavy atom. The van der Waals surface area contributed by atoms with Gasteiger partial charge in [0.05, 0.1) is 20.3 Å². The van der Waals surface area contributed by atoms with Crippen molar-refractivity contribution in [1.82, 2.24) is 25.1 Å². The average Bonchev–Trinajstić information content (AvgIpc) is 2.85. The van der Waals surface area contributed by atoms with Crippen LogP contribution in [0.5, 0.6) is 17.8 Å². The molecule has 12 heteroatoms. The molecule has 172 valence electrons. The number of nitrogens with zero attached hydrogens (tertiary/aromatic N) is 6. The Balaban J connectivity index is 1.53. The Bertz CT molecular complexity index is 1070. The number of rotatable bonds is 8. The molecule has 12 nitrogen and oxygen atoms in total. The zero-order valence-corrected chi connectivity index (χ0v) is 18.2. The molecule has 1 aliphatic heterocycles. The number of esters is 1. The highest BCUT2D eigenvalue weighted by atomic mass is 16.6. The molecule has 3 heterocycles. The SMILES string of the molecule is COC(=O)COc1ccc(Oc2nc(Nc3ccc(C)cc3)nc(N3CCOCC3)n2)nn1. The molecule has 0 amide bonds. The van der Waals surface area contributed by atoms with E-state index < -0.39 is 5.97 Å². The average molecular weight is 453 g/mol. The van der Waals surface area contributed by atoms with Crippen molar-refractivity contribution < 1.29 is 23.7 Å². The van der Waals surface area contributed by atoms with Gasteiger partial charge in [0, 0.05) is 30.9 Å². The summed E-state index contributed by atoms with van der Waals surface area (Å²) in [6, 6.07) is 11.0. The largest absolute Gasteiger partial charge is 0.466 e. The molecule has 0 atom stereocenters. The minimum atomic E-state index is -0.522. The monoisotopic (exact) mass is 453 g/mol. The Hall–Kier alpha value is -4.06. The van der Waals surface area contributed by atoms with Gasteiger partial charge in [-0.1, -0.05) is 17.7 Å². The fraction of sp³-hybridized carbons (Fsp3) is 0.333. The number of anilines is 3. The molecule has 0 spiro atoms. The number of carbonyl (C=O) groups excluding carboxylic acids is 1. The minimum absolute atomic E-state index is 0.0543. The van der Waals surface area contributed by atoms with Crippen LogP contribution in [0.15, 0.2) is 36.4 Å². The van der Waals surface area contributed by atoms with E-state index in [0.29, 0.717) is 38.2 Å². The molecule has 0 aliphatic carbocycles. The first-order chi connectivity index (χ1) is 16.1. The number of nitrogens with one attached hydrogen (secondary N) is 1. The van der Waals surface area contributed by atoms with Crippen LogP contribution in [0.4, 0.5) is 17.6 Å². The number of benzene rings is 1. The number of carbonyl (C=O) groups is 1. The molecule has 0 radical (unpaired) electrons. The topological polar surface area (TPSA) is 134 Å². The van der Waals surface area contributed by atoms with E-state index in [1.54, 1.807) is 0 Å². The number of methoxy groups -OCH3 is 1. The van der Waals surface area contributed by atoms with Crippen molar-refractivity contribution in [2.45, 2.75) is 6.92 Å². The minimum Gasteiger partial charge on any atom is -0.466 e. The van der Waals surface area contributed by atoms with Gasteiger partial charge < -0.3 is 29.2 Å². The second-order valence-electron chi connectivity index (χ2n) is 7.01. The molecule has 2 aromatic heterocycles. The third kappa shape index (κ3) is 6.23.